The highest BCUT2D eigenvalue weighted by Crippen LogP contribution is 1.85. The molecule has 0 aromatic heterocycles. The topological polar surface area (TPSA) is 21.3 Å². The molecule has 1 rings (SSSR count). The molecule has 1 aliphatic rings. The van der Waals surface area contributed by atoms with Gasteiger partial charge in [0.15, 0.2) is 0 Å². The van der Waals surface area contributed by atoms with E-state index in [1.807, 2.05) is 0 Å². The average Bonchev–Trinajstić information content (AvgIpc) is 1.72. The van der Waals surface area contributed by atoms with E-state index in [0.717, 1.165) is 0 Å². The first-order valence-electron chi connectivity index (χ1n) is 1.77. The molecule has 0 spiro atoms. The Morgan fingerprint density at radius 2 is 2.83 bits per heavy atom. The van der Waals surface area contributed by atoms with Crippen molar-refractivity contribution in [2.24, 2.45) is 0 Å². The fraction of sp³-hybridized carbons (Fsp3) is 0.250. The Bertz CT molecular complexity index is 52.6. The van der Waals surface area contributed by atoms with Gasteiger partial charge in [0.1, 0.15) is 0 Å². The molecule has 6 heavy (non-hydrogen) atoms. The molecule has 0 atom stereocenters. The lowest BCUT2D eigenvalue weighted by Crippen LogP contribution is -2.11. The van der Waals surface area contributed by atoms with Gasteiger partial charge in [0, 0.05) is 6.20 Å². The Labute approximate surface area is 36.8 Å². The molecule has 2 heteroatoms. The summed E-state index contributed by atoms with van der Waals surface area (Å²) in [5.74, 6) is 0. The third-order valence-corrected chi connectivity index (χ3v) is 0.511. The first-order valence-corrected chi connectivity index (χ1v) is 1.77. The second-order valence-electron chi connectivity index (χ2n) is 0.946. The van der Waals surface area contributed by atoms with Crippen molar-refractivity contribution in [3.05, 3.63) is 19.1 Å². The predicted molar refractivity (Wildman–Crippen MR) is 21.5 cm³/mol. The molecule has 0 aromatic carbocycles. The number of hydrogen-bond acceptors (Lipinski definition) is 2. The van der Waals surface area contributed by atoms with Crippen molar-refractivity contribution in [1.82, 2.24) is 5.32 Å². The van der Waals surface area contributed by atoms with Crippen molar-refractivity contribution in [1.29, 1.82) is 0 Å². The van der Waals surface area contributed by atoms with E-state index in [-0.39, 0.29) is 0 Å². The molecule has 0 saturated carbocycles. The van der Waals surface area contributed by atoms with E-state index in [1.165, 1.54) is 0 Å². The predicted octanol–water partition coefficient (Wildman–Crippen LogP) is 0.116. The van der Waals surface area contributed by atoms with Gasteiger partial charge in [-0.2, -0.15) is 0 Å². The van der Waals surface area contributed by atoms with E-state index in [0.29, 0.717) is 6.54 Å². The van der Waals surface area contributed by atoms with Crippen molar-refractivity contribution in [3.63, 3.8) is 0 Å². The third-order valence-electron chi connectivity index (χ3n) is 0.511. The van der Waals surface area contributed by atoms with Gasteiger partial charge in [-0.3, -0.25) is 0 Å². The van der Waals surface area contributed by atoms with Crippen LogP contribution in [0.5, 0.6) is 0 Å². The van der Waals surface area contributed by atoms with Gasteiger partial charge in [-0.15, -0.1) is 0 Å². The van der Waals surface area contributed by atoms with Gasteiger partial charge in [-0.25, -0.2) is 0 Å². The summed E-state index contributed by atoms with van der Waals surface area (Å²) >= 11 is 0. The number of hydrogen-bond donors (Lipinski definition) is 1. The summed E-state index contributed by atoms with van der Waals surface area (Å²) in [6.45, 7) is 3.28. The Kier molecular flexibility index (Phi) is 0.998. The second kappa shape index (κ2) is 1.70. The van der Waals surface area contributed by atoms with Crippen molar-refractivity contribution in [3.8, 4) is 0 Å². The zero-order chi connectivity index (χ0) is 4.24. The molecular formula is C4H5NO. The van der Waals surface area contributed by atoms with Crippen LogP contribution >= 0.6 is 0 Å². The largest absolute Gasteiger partial charge is 0.483 e. The molecular weight excluding hydrogens is 78.0 g/mol. The molecule has 0 aliphatic carbocycles. The number of rotatable bonds is 0. The fourth-order valence-corrected chi connectivity index (χ4v) is 0.273. The third kappa shape index (κ3) is 0.641. The van der Waals surface area contributed by atoms with Gasteiger partial charge in [0.25, 0.3) is 0 Å². The summed E-state index contributed by atoms with van der Waals surface area (Å²) in [5, 5.41) is 2.87. The molecule has 1 aliphatic heterocycles. The minimum atomic E-state index is 0.691. The molecule has 0 amide bonds. The van der Waals surface area contributed by atoms with Crippen molar-refractivity contribution < 1.29 is 4.74 Å². The van der Waals surface area contributed by atoms with Gasteiger partial charge in [0.05, 0.1) is 12.8 Å². The molecule has 0 saturated heterocycles. The summed E-state index contributed by atoms with van der Waals surface area (Å²) in [7, 11) is 0. The lowest BCUT2D eigenvalue weighted by atomic mass is 10.6. The van der Waals surface area contributed by atoms with Crippen LogP contribution in [0.15, 0.2) is 12.5 Å². The lowest BCUT2D eigenvalue weighted by molar-refractivity contribution is 0.310. The van der Waals surface area contributed by atoms with E-state index in [4.69, 9.17) is 0 Å². The molecule has 0 unspecified atom stereocenters. The summed E-state index contributed by atoms with van der Waals surface area (Å²) in [6.07, 6.45) is 3.28. The minimum absolute atomic E-state index is 0.691. The van der Waals surface area contributed by atoms with E-state index in [2.05, 4.69) is 16.7 Å². The molecule has 0 fully saturated rings. The maximum absolute atomic E-state index is 4.58. The zero-order valence-corrected chi connectivity index (χ0v) is 3.27. The molecule has 1 N–H and O–H groups in total. The monoisotopic (exact) mass is 83.0 g/mol. The normalized spacial score (nSPS) is 18.7. The number of nitrogens with one attached hydrogen (secondary N) is 1. The van der Waals surface area contributed by atoms with Crippen LogP contribution in [0.3, 0.4) is 0 Å². The minimum Gasteiger partial charge on any atom is -0.483 e. The summed E-state index contributed by atoms with van der Waals surface area (Å²) in [5.41, 5.74) is 0. The first kappa shape index (κ1) is 3.53. The molecule has 1 heterocycles. The van der Waals surface area contributed by atoms with Gasteiger partial charge in [0.2, 0.25) is 6.61 Å². The quantitative estimate of drug-likeness (QED) is 0.449. The highest BCUT2D eigenvalue weighted by atomic mass is 16.5. The molecule has 0 aromatic rings. The average molecular weight is 83.1 g/mol. The van der Waals surface area contributed by atoms with E-state index in [1.54, 1.807) is 12.5 Å². The number of ether oxygens (including phenoxy) is 1. The van der Waals surface area contributed by atoms with Crippen LogP contribution in [0.2, 0.25) is 0 Å². The van der Waals surface area contributed by atoms with Crippen LogP contribution < -0.4 is 5.32 Å². The molecule has 2 nitrogen and oxygen atoms in total. The van der Waals surface area contributed by atoms with E-state index in [9.17, 15) is 0 Å². The fourth-order valence-electron chi connectivity index (χ4n) is 0.273. The van der Waals surface area contributed by atoms with E-state index < -0.39 is 0 Å². The smallest absolute Gasteiger partial charge is 0.215 e. The Morgan fingerprint density at radius 3 is 3.00 bits per heavy atom. The van der Waals surface area contributed by atoms with E-state index >= 15 is 0 Å². The van der Waals surface area contributed by atoms with Gasteiger partial charge in [-0.1, -0.05) is 0 Å². The van der Waals surface area contributed by atoms with Crippen molar-refractivity contribution in [2.75, 3.05) is 6.54 Å². The van der Waals surface area contributed by atoms with Crippen LogP contribution in [0.4, 0.5) is 0 Å². The SMILES string of the molecule is [C]1CNC=CO1. The Morgan fingerprint density at radius 1 is 1.83 bits per heavy atom. The van der Waals surface area contributed by atoms with Crippen LogP contribution in [-0.4, -0.2) is 6.54 Å². The van der Waals surface area contributed by atoms with Gasteiger partial charge < -0.3 is 10.1 Å². The van der Waals surface area contributed by atoms with Crippen molar-refractivity contribution >= 4 is 0 Å². The molecule has 32 valence electrons. The van der Waals surface area contributed by atoms with Crippen LogP contribution in [0, 0.1) is 6.61 Å². The maximum atomic E-state index is 4.58. The lowest BCUT2D eigenvalue weighted by Gasteiger charge is -2.02. The van der Waals surface area contributed by atoms with Gasteiger partial charge >= 0.3 is 0 Å². The highest BCUT2D eigenvalue weighted by molar-refractivity contribution is 4.79. The maximum Gasteiger partial charge on any atom is 0.215 e. The van der Waals surface area contributed by atoms with Crippen LogP contribution in [-0.2, 0) is 4.74 Å². The van der Waals surface area contributed by atoms with Gasteiger partial charge in [-0.05, 0) is 0 Å². The summed E-state index contributed by atoms with van der Waals surface area (Å²) < 4.78 is 4.58. The summed E-state index contributed by atoms with van der Waals surface area (Å²) in [6, 6.07) is 0. The molecule has 0 bridgehead atoms. The first-order chi connectivity index (χ1) is 3.00. The van der Waals surface area contributed by atoms with Crippen molar-refractivity contribution in [2.45, 2.75) is 0 Å². The Balaban J connectivity index is 2.26. The van der Waals surface area contributed by atoms with Crippen LogP contribution in [0.25, 0.3) is 0 Å². The highest BCUT2D eigenvalue weighted by Gasteiger charge is 1.87. The van der Waals surface area contributed by atoms with Crippen LogP contribution in [0.1, 0.15) is 0 Å². The second-order valence-corrected chi connectivity index (χ2v) is 0.946. The standard InChI is InChI=1S/C4H5NO/c1-3-6-4-2-5-1/h1,3,5H,2H2. The zero-order valence-electron chi connectivity index (χ0n) is 3.27. The Hall–Kier alpha value is -0.660. The molecule has 2 radical (unpaired) electrons. The summed E-state index contributed by atoms with van der Waals surface area (Å²) in [4.78, 5) is 0.